The van der Waals surface area contributed by atoms with Gasteiger partial charge in [-0.15, -0.1) is 0 Å². The fourth-order valence-corrected chi connectivity index (χ4v) is 2.25. The maximum Gasteiger partial charge on any atom is 0.0319 e. The smallest absolute Gasteiger partial charge is 0.0319 e. The van der Waals surface area contributed by atoms with Gasteiger partial charge in [0.2, 0.25) is 0 Å². The van der Waals surface area contributed by atoms with Gasteiger partial charge in [-0.05, 0) is 55.2 Å². The molecule has 2 aromatic carbocycles. The first-order chi connectivity index (χ1) is 7.58. The van der Waals surface area contributed by atoms with E-state index in [1.54, 1.807) is 0 Å². The number of rotatable bonds is 1. The normalized spacial score (nSPS) is 10.4. The third-order valence-corrected chi connectivity index (χ3v) is 2.86. The van der Waals surface area contributed by atoms with Gasteiger partial charge < -0.3 is 5.73 Å². The Labute approximate surface area is 96.9 Å². The Morgan fingerprint density at radius 1 is 0.875 bits per heavy atom. The molecule has 82 valence electrons. The molecular formula is C15H17N. The lowest BCUT2D eigenvalue weighted by molar-refractivity contribution is 1.37. The molecule has 2 N–H and O–H groups in total. The number of anilines is 1. The highest BCUT2D eigenvalue weighted by atomic mass is 14.5. The van der Waals surface area contributed by atoms with E-state index in [2.05, 4.69) is 45.0 Å². The molecule has 0 saturated carbocycles. The molecule has 0 bridgehead atoms. The van der Waals surface area contributed by atoms with Crippen molar-refractivity contribution in [2.45, 2.75) is 20.8 Å². The van der Waals surface area contributed by atoms with E-state index in [0.29, 0.717) is 0 Å². The molecule has 0 fully saturated rings. The number of hydrogen-bond donors (Lipinski definition) is 1. The summed E-state index contributed by atoms with van der Waals surface area (Å²) in [6.07, 6.45) is 0. The van der Waals surface area contributed by atoms with Crippen LogP contribution in [0.25, 0.3) is 11.1 Å². The lowest BCUT2D eigenvalue weighted by atomic mass is 9.94. The fourth-order valence-electron chi connectivity index (χ4n) is 2.25. The Hall–Kier alpha value is -1.76. The van der Waals surface area contributed by atoms with Crippen LogP contribution in [0.4, 0.5) is 5.69 Å². The van der Waals surface area contributed by atoms with Crippen LogP contribution in [-0.4, -0.2) is 0 Å². The van der Waals surface area contributed by atoms with Gasteiger partial charge in [0, 0.05) is 5.69 Å². The van der Waals surface area contributed by atoms with Crippen molar-refractivity contribution in [2.75, 3.05) is 5.73 Å². The summed E-state index contributed by atoms with van der Waals surface area (Å²) < 4.78 is 0. The summed E-state index contributed by atoms with van der Waals surface area (Å²) >= 11 is 0. The van der Waals surface area contributed by atoms with Crippen molar-refractivity contribution < 1.29 is 0 Å². The molecule has 2 aromatic rings. The van der Waals surface area contributed by atoms with E-state index in [4.69, 9.17) is 5.73 Å². The van der Waals surface area contributed by atoms with Crippen LogP contribution in [0.1, 0.15) is 16.7 Å². The molecular weight excluding hydrogens is 194 g/mol. The van der Waals surface area contributed by atoms with E-state index >= 15 is 0 Å². The minimum Gasteiger partial charge on any atom is -0.399 e. The maximum absolute atomic E-state index is 5.84. The van der Waals surface area contributed by atoms with Crippen molar-refractivity contribution in [3.8, 4) is 11.1 Å². The quantitative estimate of drug-likeness (QED) is 0.712. The van der Waals surface area contributed by atoms with Gasteiger partial charge in [-0.1, -0.05) is 29.8 Å². The molecule has 16 heavy (non-hydrogen) atoms. The van der Waals surface area contributed by atoms with E-state index in [9.17, 15) is 0 Å². The molecule has 0 radical (unpaired) electrons. The molecule has 2 rings (SSSR count). The summed E-state index contributed by atoms with van der Waals surface area (Å²) in [6.45, 7) is 6.34. The zero-order valence-corrected chi connectivity index (χ0v) is 10.0. The third kappa shape index (κ3) is 1.94. The lowest BCUT2D eigenvalue weighted by Gasteiger charge is -2.11. The van der Waals surface area contributed by atoms with Crippen LogP contribution in [0.3, 0.4) is 0 Å². The first-order valence-corrected chi connectivity index (χ1v) is 5.51. The van der Waals surface area contributed by atoms with Crippen LogP contribution < -0.4 is 5.73 Å². The topological polar surface area (TPSA) is 26.0 Å². The Balaban J connectivity index is 2.64. The number of nitrogen functional groups attached to an aromatic ring is 1. The maximum atomic E-state index is 5.84. The van der Waals surface area contributed by atoms with E-state index in [0.717, 1.165) is 5.69 Å². The molecule has 0 heterocycles. The van der Waals surface area contributed by atoms with Crippen molar-refractivity contribution in [3.63, 3.8) is 0 Å². The summed E-state index contributed by atoms with van der Waals surface area (Å²) in [5, 5.41) is 0. The van der Waals surface area contributed by atoms with Crippen molar-refractivity contribution in [1.82, 2.24) is 0 Å². The van der Waals surface area contributed by atoms with Crippen molar-refractivity contribution in [1.29, 1.82) is 0 Å². The number of nitrogens with two attached hydrogens (primary N) is 1. The molecule has 0 saturated heterocycles. The van der Waals surface area contributed by atoms with Crippen molar-refractivity contribution in [2.24, 2.45) is 0 Å². The number of hydrogen-bond acceptors (Lipinski definition) is 1. The highest BCUT2D eigenvalue weighted by Gasteiger charge is 2.06. The molecule has 1 heteroatoms. The molecule has 0 aromatic heterocycles. The monoisotopic (exact) mass is 211 g/mol. The average molecular weight is 211 g/mol. The second-order valence-corrected chi connectivity index (χ2v) is 4.40. The van der Waals surface area contributed by atoms with Gasteiger partial charge in [-0.2, -0.15) is 0 Å². The minimum atomic E-state index is 0.839. The Bertz CT molecular complexity index is 504. The Morgan fingerprint density at radius 2 is 1.50 bits per heavy atom. The summed E-state index contributed by atoms with van der Waals surface area (Å²) in [6, 6.07) is 12.6. The predicted molar refractivity (Wildman–Crippen MR) is 70.5 cm³/mol. The van der Waals surface area contributed by atoms with Gasteiger partial charge in [0.25, 0.3) is 0 Å². The minimum absolute atomic E-state index is 0.839. The van der Waals surface area contributed by atoms with Gasteiger partial charge in [-0.25, -0.2) is 0 Å². The van der Waals surface area contributed by atoms with Gasteiger partial charge in [0.15, 0.2) is 0 Å². The van der Waals surface area contributed by atoms with E-state index in [1.165, 1.54) is 27.8 Å². The van der Waals surface area contributed by atoms with Crippen molar-refractivity contribution in [3.05, 3.63) is 53.1 Å². The summed E-state index contributed by atoms with van der Waals surface area (Å²) in [5.74, 6) is 0. The molecule has 0 spiro atoms. The zero-order chi connectivity index (χ0) is 11.7. The van der Waals surface area contributed by atoms with Gasteiger partial charge in [0.05, 0.1) is 0 Å². The summed E-state index contributed by atoms with van der Waals surface area (Å²) in [7, 11) is 0. The predicted octanol–water partition coefficient (Wildman–Crippen LogP) is 3.86. The highest BCUT2D eigenvalue weighted by molar-refractivity contribution is 5.73. The third-order valence-electron chi connectivity index (χ3n) is 2.86. The Morgan fingerprint density at radius 3 is 2.06 bits per heavy atom. The van der Waals surface area contributed by atoms with Crippen LogP contribution in [0.15, 0.2) is 36.4 Å². The van der Waals surface area contributed by atoms with E-state index < -0.39 is 0 Å². The standard InChI is InChI=1S/C15H17N/c1-10-5-4-6-13(7-10)15-11(2)8-14(16)9-12(15)3/h4-9H,16H2,1-3H3. The summed E-state index contributed by atoms with van der Waals surface area (Å²) in [5.41, 5.74) is 13.0. The molecule has 0 unspecified atom stereocenters. The highest BCUT2D eigenvalue weighted by Crippen LogP contribution is 2.29. The number of benzene rings is 2. The summed E-state index contributed by atoms with van der Waals surface area (Å²) in [4.78, 5) is 0. The van der Waals surface area contributed by atoms with Crippen LogP contribution in [0.5, 0.6) is 0 Å². The average Bonchev–Trinajstić information content (AvgIpc) is 2.15. The van der Waals surface area contributed by atoms with E-state index in [-0.39, 0.29) is 0 Å². The molecule has 0 amide bonds. The molecule has 0 aliphatic carbocycles. The Kier molecular flexibility index (Phi) is 2.69. The van der Waals surface area contributed by atoms with Crippen LogP contribution >= 0.6 is 0 Å². The number of aryl methyl sites for hydroxylation is 3. The van der Waals surface area contributed by atoms with Crippen LogP contribution in [0.2, 0.25) is 0 Å². The second-order valence-electron chi connectivity index (χ2n) is 4.40. The van der Waals surface area contributed by atoms with E-state index in [1.807, 2.05) is 12.1 Å². The van der Waals surface area contributed by atoms with Crippen LogP contribution in [0, 0.1) is 20.8 Å². The van der Waals surface area contributed by atoms with Crippen molar-refractivity contribution >= 4 is 5.69 Å². The lowest BCUT2D eigenvalue weighted by Crippen LogP contribution is -1.93. The SMILES string of the molecule is Cc1cccc(-c2c(C)cc(N)cc2C)c1. The molecule has 1 nitrogen and oxygen atoms in total. The largest absolute Gasteiger partial charge is 0.399 e. The molecule has 0 aliphatic heterocycles. The van der Waals surface area contributed by atoms with Gasteiger partial charge >= 0.3 is 0 Å². The van der Waals surface area contributed by atoms with Crippen LogP contribution in [-0.2, 0) is 0 Å². The molecule has 0 aliphatic rings. The second kappa shape index (κ2) is 4.01. The molecule has 0 atom stereocenters. The first kappa shape index (κ1) is 10.7. The van der Waals surface area contributed by atoms with Gasteiger partial charge in [-0.3, -0.25) is 0 Å². The van der Waals surface area contributed by atoms with Gasteiger partial charge in [0.1, 0.15) is 0 Å². The first-order valence-electron chi connectivity index (χ1n) is 5.51. The zero-order valence-electron chi connectivity index (χ0n) is 10.0. The fraction of sp³-hybridized carbons (Fsp3) is 0.200.